The number of hydrogen-bond acceptors (Lipinski definition) is 3. The van der Waals surface area contributed by atoms with Crippen molar-refractivity contribution in [1.82, 2.24) is 20.1 Å². The third-order valence-electron chi connectivity index (χ3n) is 6.31. The van der Waals surface area contributed by atoms with Crippen LogP contribution in [0.15, 0.2) is 0 Å². The summed E-state index contributed by atoms with van der Waals surface area (Å²) in [6.07, 6.45) is 8.51. The molecule has 5 nitrogen and oxygen atoms in total. The van der Waals surface area contributed by atoms with Crippen molar-refractivity contribution >= 4 is 5.91 Å². The molecule has 4 bridgehead atoms. The second-order valence-corrected chi connectivity index (χ2v) is 8.24. The molecule has 1 N–H and O–H groups in total. The number of aromatic nitrogens is 3. The summed E-state index contributed by atoms with van der Waals surface area (Å²) >= 11 is 0. The van der Waals surface area contributed by atoms with Crippen LogP contribution < -0.4 is 5.32 Å². The van der Waals surface area contributed by atoms with Crippen LogP contribution in [0.1, 0.15) is 56.6 Å². The van der Waals surface area contributed by atoms with E-state index in [0.717, 1.165) is 68.2 Å². The minimum absolute atomic E-state index is 0.0193. The Morgan fingerprint density at radius 2 is 1.78 bits per heavy atom. The van der Waals surface area contributed by atoms with Gasteiger partial charge in [-0.15, -0.1) is 0 Å². The Labute approximate surface area is 138 Å². The summed E-state index contributed by atoms with van der Waals surface area (Å²) in [5.74, 6) is 4.59. The van der Waals surface area contributed by atoms with Gasteiger partial charge in [-0.05, 0) is 76.5 Å². The molecule has 5 rings (SSSR count). The second-order valence-electron chi connectivity index (χ2n) is 8.24. The fraction of sp³-hybridized carbons (Fsp3) is 0.833. The van der Waals surface area contributed by atoms with Gasteiger partial charge in [0.1, 0.15) is 11.6 Å². The first-order valence-electron chi connectivity index (χ1n) is 9.20. The number of amides is 1. The maximum absolute atomic E-state index is 12.8. The number of aryl methyl sites for hydroxylation is 3. The van der Waals surface area contributed by atoms with Crippen LogP contribution in [0.4, 0.5) is 0 Å². The molecule has 4 aliphatic carbocycles. The first-order chi connectivity index (χ1) is 11.0. The summed E-state index contributed by atoms with van der Waals surface area (Å²) in [4.78, 5) is 17.1. The Hall–Kier alpha value is -1.39. The summed E-state index contributed by atoms with van der Waals surface area (Å²) in [7, 11) is 0. The molecular formula is C18H28N4O. The maximum Gasteiger partial charge on any atom is 0.226 e. The highest BCUT2D eigenvalue weighted by atomic mass is 16.2. The zero-order chi connectivity index (χ0) is 16.0. The van der Waals surface area contributed by atoms with E-state index in [0.29, 0.717) is 5.91 Å². The van der Waals surface area contributed by atoms with Gasteiger partial charge in [0.2, 0.25) is 5.91 Å². The molecule has 0 saturated heterocycles. The van der Waals surface area contributed by atoms with E-state index < -0.39 is 0 Å². The van der Waals surface area contributed by atoms with Crippen molar-refractivity contribution in [3.8, 4) is 0 Å². The van der Waals surface area contributed by atoms with E-state index in [1.165, 1.54) is 19.3 Å². The molecule has 4 aliphatic rings. The smallest absolute Gasteiger partial charge is 0.226 e. The Morgan fingerprint density at radius 1 is 1.17 bits per heavy atom. The average molecular weight is 316 g/mol. The predicted octanol–water partition coefficient (Wildman–Crippen LogP) is 2.62. The highest BCUT2D eigenvalue weighted by Crippen LogP contribution is 2.60. The molecule has 1 aromatic heterocycles. The molecule has 1 aromatic rings. The number of rotatable bonds is 5. The lowest BCUT2D eigenvalue weighted by Gasteiger charge is -2.55. The van der Waals surface area contributed by atoms with Crippen LogP contribution in [-0.4, -0.2) is 27.2 Å². The Kier molecular flexibility index (Phi) is 3.69. The summed E-state index contributed by atoms with van der Waals surface area (Å²) in [6, 6.07) is 0. The minimum Gasteiger partial charge on any atom is -0.356 e. The average Bonchev–Trinajstić information content (AvgIpc) is 2.80. The van der Waals surface area contributed by atoms with Crippen molar-refractivity contribution in [3.63, 3.8) is 0 Å². The number of carbonyl (C=O) groups is 1. The van der Waals surface area contributed by atoms with Gasteiger partial charge in [-0.25, -0.2) is 4.98 Å². The van der Waals surface area contributed by atoms with Crippen LogP contribution in [0.25, 0.3) is 0 Å². The molecule has 126 valence electrons. The predicted molar refractivity (Wildman–Crippen MR) is 87.7 cm³/mol. The summed E-state index contributed by atoms with van der Waals surface area (Å²) in [5, 5.41) is 7.61. The molecule has 5 heteroatoms. The van der Waals surface area contributed by atoms with Gasteiger partial charge in [0.15, 0.2) is 0 Å². The fourth-order valence-electron chi connectivity index (χ4n) is 5.78. The van der Waals surface area contributed by atoms with Crippen molar-refractivity contribution in [2.24, 2.45) is 23.2 Å². The van der Waals surface area contributed by atoms with E-state index in [1.54, 1.807) is 0 Å². The van der Waals surface area contributed by atoms with Gasteiger partial charge in [-0.2, -0.15) is 5.10 Å². The first kappa shape index (κ1) is 15.2. The molecule has 1 heterocycles. The Bertz CT molecular complexity index is 571. The van der Waals surface area contributed by atoms with E-state index in [4.69, 9.17) is 0 Å². The Balaban J connectivity index is 1.30. The number of carbonyl (C=O) groups excluding carboxylic acids is 1. The number of hydrogen-bond donors (Lipinski definition) is 1. The lowest BCUT2D eigenvalue weighted by atomic mass is 9.49. The largest absolute Gasteiger partial charge is 0.356 e. The highest BCUT2D eigenvalue weighted by Gasteiger charge is 2.54. The van der Waals surface area contributed by atoms with Crippen molar-refractivity contribution in [2.75, 3.05) is 6.54 Å². The second kappa shape index (κ2) is 5.60. The van der Waals surface area contributed by atoms with Crippen LogP contribution in [0.5, 0.6) is 0 Å². The quantitative estimate of drug-likeness (QED) is 0.850. The molecule has 0 radical (unpaired) electrons. The van der Waals surface area contributed by atoms with Gasteiger partial charge in [0.05, 0.1) is 0 Å². The minimum atomic E-state index is -0.0193. The number of nitrogens with zero attached hydrogens (tertiary/aromatic N) is 3. The van der Waals surface area contributed by atoms with Gasteiger partial charge in [-0.3, -0.25) is 9.48 Å². The molecule has 4 saturated carbocycles. The van der Waals surface area contributed by atoms with Crippen LogP contribution in [0.2, 0.25) is 0 Å². The molecule has 0 spiro atoms. The molecule has 0 unspecified atom stereocenters. The number of nitrogens with one attached hydrogen (secondary N) is 1. The molecule has 0 aromatic carbocycles. The first-order valence-corrected chi connectivity index (χ1v) is 9.20. The maximum atomic E-state index is 12.8. The molecule has 1 amide bonds. The summed E-state index contributed by atoms with van der Waals surface area (Å²) < 4.78 is 1.94. The fourth-order valence-corrected chi connectivity index (χ4v) is 5.78. The molecule has 0 aliphatic heterocycles. The summed E-state index contributed by atoms with van der Waals surface area (Å²) in [5.41, 5.74) is -0.0193. The van der Waals surface area contributed by atoms with Crippen molar-refractivity contribution < 1.29 is 4.79 Å². The van der Waals surface area contributed by atoms with Crippen molar-refractivity contribution in [3.05, 3.63) is 11.6 Å². The Morgan fingerprint density at radius 3 is 2.30 bits per heavy atom. The lowest BCUT2D eigenvalue weighted by molar-refractivity contribution is -0.146. The molecule has 23 heavy (non-hydrogen) atoms. The third kappa shape index (κ3) is 2.79. The topological polar surface area (TPSA) is 59.8 Å². The van der Waals surface area contributed by atoms with E-state index in [2.05, 4.69) is 15.4 Å². The highest BCUT2D eigenvalue weighted by molar-refractivity contribution is 5.83. The monoisotopic (exact) mass is 316 g/mol. The zero-order valence-electron chi connectivity index (χ0n) is 14.3. The van der Waals surface area contributed by atoms with Crippen LogP contribution >= 0.6 is 0 Å². The lowest BCUT2D eigenvalue weighted by Crippen LogP contribution is -2.53. The normalized spacial score (nSPS) is 34.8. The van der Waals surface area contributed by atoms with Gasteiger partial charge in [0.25, 0.3) is 0 Å². The SMILES string of the molecule is Cc1nc(C)n(CCCNC(=O)C23CC4CC(CC(C4)C2)C3)n1. The molecule has 4 fully saturated rings. The zero-order valence-corrected chi connectivity index (χ0v) is 14.3. The summed E-state index contributed by atoms with van der Waals surface area (Å²) in [6.45, 7) is 5.47. The third-order valence-corrected chi connectivity index (χ3v) is 6.31. The standard InChI is InChI=1S/C18H28N4O/c1-12-20-13(2)22(21-12)5-3-4-19-17(23)18-9-14-6-15(10-18)8-16(7-14)11-18/h14-16H,3-11H2,1-2H3,(H,19,23). The van der Waals surface area contributed by atoms with Crippen molar-refractivity contribution in [1.29, 1.82) is 0 Å². The van der Waals surface area contributed by atoms with E-state index in [9.17, 15) is 4.79 Å². The van der Waals surface area contributed by atoms with Gasteiger partial charge >= 0.3 is 0 Å². The van der Waals surface area contributed by atoms with E-state index in [-0.39, 0.29) is 5.41 Å². The van der Waals surface area contributed by atoms with Gasteiger partial charge in [-0.1, -0.05) is 0 Å². The molecule has 0 atom stereocenters. The van der Waals surface area contributed by atoms with Crippen LogP contribution in [0, 0.1) is 37.0 Å². The van der Waals surface area contributed by atoms with E-state index >= 15 is 0 Å². The van der Waals surface area contributed by atoms with Crippen molar-refractivity contribution in [2.45, 2.75) is 65.3 Å². The van der Waals surface area contributed by atoms with E-state index in [1.807, 2.05) is 18.5 Å². The van der Waals surface area contributed by atoms with Crippen LogP contribution in [0.3, 0.4) is 0 Å². The van der Waals surface area contributed by atoms with Crippen LogP contribution in [-0.2, 0) is 11.3 Å². The van der Waals surface area contributed by atoms with Gasteiger partial charge < -0.3 is 5.32 Å². The molecular weight excluding hydrogens is 288 g/mol. The van der Waals surface area contributed by atoms with Gasteiger partial charge in [0, 0.05) is 18.5 Å².